The molecule has 1 aliphatic heterocycles. The van der Waals surface area contributed by atoms with Gasteiger partial charge in [-0.15, -0.1) is 0 Å². The Bertz CT molecular complexity index is 990. The summed E-state index contributed by atoms with van der Waals surface area (Å²) in [7, 11) is -3.76. The molecular weight excluding hydrogens is 438 g/mol. The molecule has 0 radical (unpaired) electrons. The third-order valence-corrected chi connectivity index (χ3v) is 5.74. The van der Waals surface area contributed by atoms with Crippen LogP contribution in [-0.2, 0) is 14.8 Å². The van der Waals surface area contributed by atoms with Crippen molar-refractivity contribution in [2.24, 2.45) is 5.10 Å². The lowest BCUT2D eigenvalue weighted by atomic mass is 10.2. The fourth-order valence-electron chi connectivity index (χ4n) is 2.21. The van der Waals surface area contributed by atoms with Crippen LogP contribution in [-0.4, -0.2) is 33.9 Å². The van der Waals surface area contributed by atoms with E-state index in [4.69, 9.17) is 9.47 Å². The highest BCUT2D eigenvalue weighted by Gasteiger charge is 2.16. The maximum atomic E-state index is 12.1. The van der Waals surface area contributed by atoms with Crippen molar-refractivity contribution in [2.75, 3.05) is 13.3 Å². The van der Waals surface area contributed by atoms with E-state index in [0.29, 0.717) is 21.5 Å². The number of sulfonamides is 1. The summed E-state index contributed by atoms with van der Waals surface area (Å²) in [5.74, 6) is 0.601. The summed E-state index contributed by atoms with van der Waals surface area (Å²) < 4.78 is 37.7. The summed E-state index contributed by atoms with van der Waals surface area (Å²) in [4.78, 5) is 11.9. The number of fused-ring (bicyclic) bond motifs is 1. The van der Waals surface area contributed by atoms with Crippen molar-refractivity contribution in [1.29, 1.82) is 0 Å². The second-order valence-corrected chi connectivity index (χ2v) is 8.28. The highest BCUT2D eigenvalue weighted by atomic mass is 79.9. The number of hydrogen-bond donors (Lipinski definition) is 2. The second-order valence-electron chi connectivity index (χ2n) is 5.66. The summed E-state index contributed by atoms with van der Waals surface area (Å²) in [5.41, 5.74) is 3.88. The first-order valence-electron chi connectivity index (χ1n) is 7.82. The number of nitrogens with zero attached hydrogens (tertiary/aromatic N) is 1. The van der Waals surface area contributed by atoms with Crippen LogP contribution in [0.15, 0.2) is 50.9 Å². The van der Waals surface area contributed by atoms with Crippen molar-refractivity contribution in [3.63, 3.8) is 0 Å². The first-order chi connectivity index (χ1) is 12.8. The summed E-state index contributed by atoms with van der Waals surface area (Å²) in [6.07, 6.45) is 1.42. The molecule has 1 amide bonds. The van der Waals surface area contributed by atoms with Gasteiger partial charge in [-0.1, -0.05) is 17.7 Å². The molecule has 27 heavy (non-hydrogen) atoms. The van der Waals surface area contributed by atoms with Crippen LogP contribution < -0.4 is 19.6 Å². The Morgan fingerprint density at radius 1 is 1.22 bits per heavy atom. The zero-order chi connectivity index (χ0) is 19.4. The Morgan fingerprint density at radius 2 is 1.89 bits per heavy atom. The van der Waals surface area contributed by atoms with E-state index >= 15 is 0 Å². The Hall–Kier alpha value is -2.43. The molecule has 8 nitrogen and oxygen atoms in total. The van der Waals surface area contributed by atoms with E-state index in [0.717, 1.165) is 5.56 Å². The fourth-order valence-corrected chi connectivity index (χ4v) is 3.61. The Morgan fingerprint density at radius 3 is 2.59 bits per heavy atom. The van der Waals surface area contributed by atoms with Crippen molar-refractivity contribution < 1.29 is 22.7 Å². The van der Waals surface area contributed by atoms with E-state index in [-0.39, 0.29) is 11.7 Å². The van der Waals surface area contributed by atoms with Gasteiger partial charge in [0, 0.05) is 10.0 Å². The molecule has 0 spiro atoms. The number of nitrogens with one attached hydrogen (secondary N) is 2. The number of carbonyl (C=O) groups is 1. The molecule has 0 bridgehead atoms. The van der Waals surface area contributed by atoms with Crippen molar-refractivity contribution in [2.45, 2.75) is 11.8 Å². The predicted molar refractivity (Wildman–Crippen MR) is 102 cm³/mol. The minimum atomic E-state index is -3.76. The van der Waals surface area contributed by atoms with Crippen LogP contribution in [0.25, 0.3) is 0 Å². The van der Waals surface area contributed by atoms with E-state index in [1.54, 1.807) is 24.3 Å². The van der Waals surface area contributed by atoms with Crippen LogP contribution in [0.1, 0.15) is 11.1 Å². The van der Waals surface area contributed by atoms with Gasteiger partial charge in [0.2, 0.25) is 16.8 Å². The molecule has 0 atom stereocenters. The van der Waals surface area contributed by atoms with Crippen molar-refractivity contribution >= 4 is 38.1 Å². The Kier molecular flexibility index (Phi) is 5.78. The molecule has 1 heterocycles. The van der Waals surface area contributed by atoms with Gasteiger partial charge in [0.25, 0.3) is 5.91 Å². The lowest BCUT2D eigenvalue weighted by molar-refractivity contribution is -0.119. The zero-order valence-electron chi connectivity index (χ0n) is 14.2. The maximum absolute atomic E-state index is 12.1. The number of carbonyl (C=O) groups excluding carboxylic acids is 1. The molecule has 142 valence electrons. The van der Waals surface area contributed by atoms with E-state index < -0.39 is 22.5 Å². The molecule has 3 rings (SSSR count). The summed E-state index contributed by atoms with van der Waals surface area (Å²) in [5, 5.41) is 3.83. The number of aryl methyl sites for hydroxylation is 1. The van der Waals surface area contributed by atoms with E-state index in [2.05, 4.69) is 31.2 Å². The van der Waals surface area contributed by atoms with Gasteiger partial charge in [-0.2, -0.15) is 5.10 Å². The molecule has 0 saturated carbocycles. The molecule has 2 N–H and O–H groups in total. The third-order valence-electron chi connectivity index (χ3n) is 3.64. The molecule has 0 fully saturated rings. The summed E-state index contributed by atoms with van der Waals surface area (Å²) in [6, 6.07) is 9.77. The molecule has 0 aromatic heterocycles. The van der Waals surface area contributed by atoms with E-state index in [1.807, 2.05) is 6.92 Å². The van der Waals surface area contributed by atoms with Gasteiger partial charge in [0.05, 0.1) is 17.7 Å². The minimum Gasteiger partial charge on any atom is -0.454 e. The number of benzene rings is 2. The van der Waals surface area contributed by atoms with Crippen molar-refractivity contribution in [3.05, 3.63) is 52.0 Å². The van der Waals surface area contributed by atoms with Crippen molar-refractivity contribution in [1.82, 2.24) is 10.1 Å². The minimum absolute atomic E-state index is 0.0914. The van der Waals surface area contributed by atoms with Gasteiger partial charge in [0.1, 0.15) is 0 Å². The topological polar surface area (TPSA) is 106 Å². The zero-order valence-corrected chi connectivity index (χ0v) is 16.6. The molecule has 0 unspecified atom stereocenters. The van der Waals surface area contributed by atoms with Crippen LogP contribution in [0.5, 0.6) is 11.5 Å². The fraction of sp³-hybridized carbons (Fsp3) is 0.176. The quantitative estimate of drug-likeness (QED) is 0.513. The predicted octanol–water partition coefficient (Wildman–Crippen LogP) is 1.91. The average molecular weight is 454 g/mol. The third kappa shape index (κ3) is 4.85. The molecule has 10 heteroatoms. The van der Waals surface area contributed by atoms with Gasteiger partial charge in [-0.25, -0.2) is 18.6 Å². The summed E-state index contributed by atoms with van der Waals surface area (Å²) in [6.45, 7) is 1.57. The molecular formula is C17H16BrN3O5S. The van der Waals surface area contributed by atoms with E-state index in [1.165, 1.54) is 18.3 Å². The first kappa shape index (κ1) is 19.3. The van der Waals surface area contributed by atoms with Gasteiger partial charge >= 0.3 is 0 Å². The summed E-state index contributed by atoms with van der Waals surface area (Å²) >= 11 is 3.37. The average Bonchev–Trinajstić information content (AvgIpc) is 3.07. The van der Waals surface area contributed by atoms with Crippen LogP contribution in [0.2, 0.25) is 0 Å². The second kappa shape index (κ2) is 8.07. The SMILES string of the molecule is Cc1ccc(S(=O)(=O)NCC(=O)N/N=C\c2cc3c(cc2Br)OCO3)cc1. The van der Waals surface area contributed by atoms with Gasteiger partial charge in [-0.05, 0) is 47.1 Å². The highest BCUT2D eigenvalue weighted by molar-refractivity contribution is 9.10. The number of hydrazone groups is 1. The maximum Gasteiger partial charge on any atom is 0.255 e. The normalized spacial score (nSPS) is 13.1. The molecule has 2 aromatic rings. The molecule has 0 saturated heterocycles. The lowest BCUT2D eigenvalue weighted by Crippen LogP contribution is -2.34. The number of rotatable bonds is 6. The molecule has 2 aromatic carbocycles. The monoisotopic (exact) mass is 453 g/mol. The lowest BCUT2D eigenvalue weighted by Gasteiger charge is -2.06. The van der Waals surface area contributed by atoms with Gasteiger partial charge in [-0.3, -0.25) is 4.79 Å². The van der Waals surface area contributed by atoms with Crippen molar-refractivity contribution in [3.8, 4) is 11.5 Å². The first-order valence-corrected chi connectivity index (χ1v) is 10.1. The Balaban J connectivity index is 1.55. The highest BCUT2D eigenvalue weighted by Crippen LogP contribution is 2.36. The molecule has 1 aliphatic rings. The standard InChI is InChI=1S/C17H16BrN3O5S/c1-11-2-4-13(5-3-11)27(23,24)20-9-17(22)21-19-8-12-6-15-16(7-14(12)18)26-10-25-15/h2-8,20H,9-10H2,1H3,(H,21,22)/b19-8-. The molecule has 0 aliphatic carbocycles. The van der Waals surface area contributed by atoms with Crippen LogP contribution >= 0.6 is 15.9 Å². The number of amides is 1. The smallest absolute Gasteiger partial charge is 0.255 e. The van der Waals surface area contributed by atoms with E-state index in [9.17, 15) is 13.2 Å². The largest absolute Gasteiger partial charge is 0.454 e. The van der Waals surface area contributed by atoms with Crippen LogP contribution in [0.4, 0.5) is 0 Å². The van der Waals surface area contributed by atoms with Crippen LogP contribution in [0.3, 0.4) is 0 Å². The number of ether oxygens (including phenoxy) is 2. The van der Waals surface area contributed by atoms with Gasteiger partial charge in [0.15, 0.2) is 11.5 Å². The number of hydrogen-bond acceptors (Lipinski definition) is 6. The number of halogens is 1. The van der Waals surface area contributed by atoms with Crippen LogP contribution in [0, 0.1) is 6.92 Å². The Labute approximate surface area is 164 Å². The van der Waals surface area contributed by atoms with Gasteiger partial charge < -0.3 is 9.47 Å².